The van der Waals surface area contributed by atoms with Crippen molar-refractivity contribution in [2.24, 2.45) is 4.99 Å². The van der Waals surface area contributed by atoms with Gasteiger partial charge in [-0.15, -0.1) is 0 Å². The Morgan fingerprint density at radius 2 is 1.94 bits per heavy atom. The van der Waals surface area contributed by atoms with Crippen LogP contribution in [0.2, 0.25) is 0 Å². The zero-order valence-corrected chi connectivity index (χ0v) is 19.5. The monoisotopic (exact) mass is 446 g/mol. The number of nitrogens with one attached hydrogen (secondary N) is 2. The molecule has 0 spiro atoms. The molecule has 1 aromatic rings. The zero-order valence-electron chi connectivity index (χ0n) is 19.5. The highest BCUT2D eigenvalue weighted by Crippen LogP contribution is 2.18. The predicted molar refractivity (Wildman–Crippen MR) is 125 cm³/mol. The molecule has 0 bridgehead atoms. The lowest BCUT2D eigenvalue weighted by Gasteiger charge is -2.35. The van der Waals surface area contributed by atoms with Gasteiger partial charge in [-0.3, -0.25) is 9.79 Å². The van der Waals surface area contributed by atoms with Gasteiger partial charge in [0.2, 0.25) is 0 Å². The molecule has 1 unspecified atom stereocenters. The van der Waals surface area contributed by atoms with E-state index in [0.717, 1.165) is 57.2 Å². The van der Waals surface area contributed by atoms with Crippen LogP contribution in [0, 0.1) is 0 Å². The number of carbonyl (C=O) groups is 1. The second-order valence-electron chi connectivity index (χ2n) is 8.23. The highest BCUT2D eigenvalue weighted by molar-refractivity contribution is 5.94. The topological polar surface area (TPSA) is 84.4 Å². The molecular weight excluding hydrogens is 408 g/mol. The van der Waals surface area contributed by atoms with Crippen LogP contribution in [0.4, 0.5) is 0 Å². The first kappa shape index (κ1) is 24.3. The smallest absolute Gasteiger partial charge is 0.251 e. The van der Waals surface area contributed by atoms with E-state index in [-0.39, 0.29) is 12.0 Å². The molecule has 2 fully saturated rings. The summed E-state index contributed by atoms with van der Waals surface area (Å²) in [6, 6.07) is 7.08. The van der Waals surface area contributed by atoms with Crippen LogP contribution in [0.5, 0.6) is 5.75 Å². The number of likely N-dealkylation sites (tertiary alicyclic amines) is 1. The number of aliphatic imine (C=N–C) groups is 1. The van der Waals surface area contributed by atoms with Crippen molar-refractivity contribution in [3.63, 3.8) is 0 Å². The Labute approximate surface area is 191 Å². The Morgan fingerprint density at radius 1 is 1.16 bits per heavy atom. The first-order chi connectivity index (χ1) is 15.7. The summed E-state index contributed by atoms with van der Waals surface area (Å²) in [4.78, 5) is 19.3. The SMILES string of the molecule is CCNC(=NCCNC(=O)c1ccc(OC)cc1)N1CCC(OCC2CCCCO2)CC1. The lowest BCUT2D eigenvalue weighted by Crippen LogP contribution is -2.47. The molecule has 1 aromatic carbocycles. The van der Waals surface area contributed by atoms with Crippen LogP contribution >= 0.6 is 0 Å². The molecule has 3 rings (SSSR count). The standard InChI is InChI=1S/C24H38N4O4/c1-3-25-24(27-14-13-26-23(29)19-7-9-20(30-2)10-8-19)28-15-11-21(12-16-28)32-18-22-6-4-5-17-31-22/h7-10,21-22H,3-6,11-18H2,1-2H3,(H,25,27)(H,26,29). The third-order valence-electron chi connectivity index (χ3n) is 5.88. The third-order valence-corrected chi connectivity index (χ3v) is 5.88. The van der Waals surface area contributed by atoms with E-state index in [9.17, 15) is 4.79 Å². The van der Waals surface area contributed by atoms with Crippen molar-refractivity contribution >= 4 is 11.9 Å². The van der Waals surface area contributed by atoms with Crippen LogP contribution in [-0.4, -0.2) is 82.0 Å². The lowest BCUT2D eigenvalue weighted by atomic mass is 10.1. The number of amides is 1. The largest absolute Gasteiger partial charge is 0.497 e. The molecule has 0 radical (unpaired) electrons. The molecule has 0 saturated carbocycles. The average Bonchev–Trinajstić information content (AvgIpc) is 2.85. The number of benzene rings is 1. The Balaban J connectivity index is 1.38. The Hall–Kier alpha value is -2.32. The summed E-state index contributed by atoms with van der Waals surface area (Å²) >= 11 is 0. The summed E-state index contributed by atoms with van der Waals surface area (Å²) < 4.78 is 17.0. The Morgan fingerprint density at radius 3 is 2.59 bits per heavy atom. The molecule has 2 aliphatic heterocycles. The van der Waals surface area contributed by atoms with Crippen molar-refractivity contribution in [1.29, 1.82) is 0 Å². The Bertz CT molecular complexity index is 711. The van der Waals surface area contributed by atoms with Crippen LogP contribution < -0.4 is 15.4 Å². The molecule has 0 aliphatic carbocycles. The van der Waals surface area contributed by atoms with Crippen LogP contribution in [-0.2, 0) is 9.47 Å². The highest BCUT2D eigenvalue weighted by atomic mass is 16.5. The van der Waals surface area contributed by atoms with Gasteiger partial charge < -0.3 is 29.7 Å². The van der Waals surface area contributed by atoms with Crippen LogP contribution in [0.25, 0.3) is 0 Å². The highest BCUT2D eigenvalue weighted by Gasteiger charge is 2.23. The lowest BCUT2D eigenvalue weighted by molar-refractivity contribution is -0.0721. The number of nitrogens with zero attached hydrogens (tertiary/aromatic N) is 2. The number of hydrogen-bond donors (Lipinski definition) is 2. The third kappa shape index (κ3) is 7.67. The number of piperidine rings is 1. The summed E-state index contributed by atoms with van der Waals surface area (Å²) in [5.41, 5.74) is 0.613. The molecule has 2 heterocycles. The van der Waals surface area contributed by atoms with Crippen LogP contribution in [0.15, 0.2) is 29.3 Å². The minimum atomic E-state index is -0.104. The fourth-order valence-electron chi connectivity index (χ4n) is 4.02. The van der Waals surface area contributed by atoms with E-state index in [1.165, 1.54) is 12.8 Å². The van der Waals surface area contributed by atoms with Gasteiger partial charge >= 0.3 is 0 Å². The first-order valence-electron chi connectivity index (χ1n) is 11.9. The second kappa shape index (κ2) is 13.3. The number of guanidine groups is 1. The quantitative estimate of drug-likeness (QED) is 0.344. The van der Waals surface area contributed by atoms with Gasteiger partial charge in [-0.2, -0.15) is 0 Å². The number of carbonyl (C=O) groups excluding carboxylic acids is 1. The average molecular weight is 447 g/mol. The van der Waals surface area contributed by atoms with E-state index in [1.54, 1.807) is 31.4 Å². The van der Waals surface area contributed by atoms with Crippen molar-refractivity contribution in [2.75, 3.05) is 53.0 Å². The molecule has 2 N–H and O–H groups in total. The van der Waals surface area contributed by atoms with Crippen LogP contribution in [0.1, 0.15) is 49.4 Å². The van der Waals surface area contributed by atoms with Gasteiger partial charge in [0.05, 0.1) is 32.5 Å². The molecule has 8 heteroatoms. The molecule has 2 aliphatic rings. The Kier molecular flexibility index (Phi) is 10.1. The van der Waals surface area contributed by atoms with E-state index in [2.05, 4.69) is 22.5 Å². The van der Waals surface area contributed by atoms with E-state index >= 15 is 0 Å². The van der Waals surface area contributed by atoms with Crippen molar-refractivity contribution in [1.82, 2.24) is 15.5 Å². The summed E-state index contributed by atoms with van der Waals surface area (Å²) in [5, 5.41) is 6.30. The summed E-state index contributed by atoms with van der Waals surface area (Å²) in [5.74, 6) is 1.53. The molecule has 0 aromatic heterocycles. The van der Waals surface area contributed by atoms with E-state index in [4.69, 9.17) is 19.2 Å². The fraction of sp³-hybridized carbons (Fsp3) is 0.667. The summed E-state index contributed by atoms with van der Waals surface area (Å²) in [6.07, 6.45) is 6.08. The van der Waals surface area contributed by atoms with Gasteiger partial charge in [0.1, 0.15) is 5.75 Å². The zero-order chi connectivity index (χ0) is 22.6. The minimum Gasteiger partial charge on any atom is -0.497 e. The summed E-state index contributed by atoms with van der Waals surface area (Å²) in [6.45, 7) is 7.32. The van der Waals surface area contributed by atoms with Crippen molar-refractivity contribution < 1.29 is 19.0 Å². The minimum absolute atomic E-state index is 0.104. The number of hydrogen-bond acceptors (Lipinski definition) is 5. The number of rotatable bonds is 9. The van der Waals surface area contributed by atoms with Gasteiger partial charge in [0, 0.05) is 38.3 Å². The van der Waals surface area contributed by atoms with Gasteiger partial charge in [0.25, 0.3) is 5.91 Å². The fourth-order valence-corrected chi connectivity index (χ4v) is 4.02. The second-order valence-corrected chi connectivity index (χ2v) is 8.23. The predicted octanol–water partition coefficient (Wildman–Crippen LogP) is 2.44. The molecule has 1 atom stereocenters. The molecular formula is C24H38N4O4. The van der Waals surface area contributed by atoms with E-state index in [1.807, 2.05) is 0 Å². The maximum Gasteiger partial charge on any atom is 0.251 e. The molecule has 178 valence electrons. The first-order valence-corrected chi connectivity index (χ1v) is 11.9. The maximum absolute atomic E-state index is 12.3. The van der Waals surface area contributed by atoms with Gasteiger partial charge in [-0.1, -0.05) is 0 Å². The van der Waals surface area contributed by atoms with Crippen molar-refractivity contribution in [3.05, 3.63) is 29.8 Å². The van der Waals surface area contributed by atoms with Gasteiger partial charge in [0.15, 0.2) is 5.96 Å². The summed E-state index contributed by atoms with van der Waals surface area (Å²) in [7, 11) is 1.61. The van der Waals surface area contributed by atoms with Crippen molar-refractivity contribution in [2.45, 2.75) is 51.2 Å². The van der Waals surface area contributed by atoms with E-state index in [0.29, 0.717) is 31.4 Å². The molecule has 8 nitrogen and oxygen atoms in total. The number of methoxy groups -OCH3 is 1. The maximum atomic E-state index is 12.3. The van der Waals surface area contributed by atoms with Gasteiger partial charge in [-0.25, -0.2) is 0 Å². The van der Waals surface area contributed by atoms with E-state index < -0.39 is 0 Å². The molecule has 1 amide bonds. The molecule has 2 saturated heterocycles. The van der Waals surface area contributed by atoms with Crippen LogP contribution in [0.3, 0.4) is 0 Å². The van der Waals surface area contributed by atoms with Gasteiger partial charge in [-0.05, 0) is 63.3 Å². The normalized spacial score (nSPS) is 20.1. The number of ether oxygens (including phenoxy) is 3. The molecule has 32 heavy (non-hydrogen) atoms. The van der Waals surface area contributed by atoms with Crippen molar-refractivity contribution in [3.8, 4) is 5.75 Å².